The minimum Gasteiger partial charge on any atom is -0.497 e. The molecule has 0 aliphatic carbocycles. The summed E-state index contributed by atoms with van der Waals surface area (Å²) in [7, 11) is 1.65. The van der Waals surface area contributed by atoms with E-state index in [1.165, 1.54) is 10.9 Å². The Morgan fingerprint density at radius 2 is 1.50 bits per heavy atom. The molecule has 0 unspecified atom stereocenters. The number of hydrogen-bond acceptors (Lipinski definition) is 5. The van der Waals surface area contributed by atoms with Crippen molar-refractivity contribution in [1.82, 2.24) is 4.98 Å². The first-order valence-electron chi connectivity index (χ1n) is 8.89. The summed E-state index contributed by atoms with van der Waals surface area (Å²) in [6.45, 7) is 2.04. The monoisotopic (exact) mass is 372 g/mol. The zero-order valence-electron chi connectivity index (χ0n) is 16.0. The number of fused-ring (bicyclic) bond motifs is 1. The standard InChI is InChI=1S/C12H12N2O.C11H12N2/c1-15-11-5-2-9(3-6-11)12-7-4-10(13)8-14-12;1-7-6-10(12)11(13)9-5-3-2-4-8(7)9/h2-8H,13H2,1H3;2-6H,12-13H2,1H3. The maximum Gasteiger partial charge on any atom is 0.118 e. The number of hydrogen-bond donors (Lipinski definition) is 3. The second kappa shape index (κ2) is 8.31. The highest BCUT2D eigenvalue weighted by Crippen LogP contribution is 2.29. The Bertz CT molecular complexity index is 1070. The molecule has 4 aromatic rings. The van der Waals surface area contributed by atoms with Gasteiger partial charge in [0.05, 0.1) is 36.1 Å². The van der Waals surface area contributed by atoms with Crippen molar-refractivity contribution < 1.29 is 4.74 Å². The molecule has 0 aliphatic rings. The van der Waals surface area contributed by atoms with E-state index >= 15 is 0 Å². The number of aryl methyl sites for hydroxylation is 1. The number of ether oxygens (including phenoxy) is 1. The fraction of sp³-hybridized carbons (Fsp3) is 0.0870. The lowest BCUT2D eigenvalue weighted by Gasteiger charge is -2.07. The molecule has 4 rings (SSSR count). The van der Waals surface area contributed by atoms with Gasteiger partial charge in [-0.1, -0.05) is 24.3 Å². The second-order valence-corrected chi connectivity index (χ2v) is 6.45. The van der Waals surface area contributed by atoms with Crippen LogP contribution in [-0.4, -0.2) is 12.1 Å². The summed E-state index contributed by atoms with van der Waals surface area (Å²) in [4.78, 5) is 4.24. The molecule has 0 saturated carbocycles. The molecule has 3 aromatic carbocycles. The Kier molecular flexibility index (Phi) is 5.65. The van der Waals surface area contributed by atoms with Crippen molar-refractivity contribution in [2.75, 3.05) is 24.3 Å². The third-order valence-corrected chi connectivity index (χ3v) is 4.50. The Hall–Kier alpha value is -3.73. The van der Waals surface area contributed by atoms with Gasteiger partial charge in [0.2, 0.25) is 0 Å². The third kappa shape index (κ3) is 4.15. The molecule has 1 heterocycles. The van der Waals surface area contributed by atoms with E-state index in [0.717, 1.165) is 22.4 Å². The summed E-state index contributed by atoms with van der Waals surface area (Å²) in [6, 6.07) is 21.4. The molecule has 0 bridgehead atoms. The number of methoxy groups -OCH3 is 1. The molecule has 0 fully saturated rings. The summed E-state index contributed by atoms with van der Waals surface area (Å²) in [5.41, 5.74) is 22.3. The zero-order valence-corrected chi connectivity index (χ0v) is 16.0. The molecule has 5 nitrogen and oxygen atoms in total. The van der Waals surface area contributed by atoms with Gasteiger partial charge in [-0.3, -0.25) is 4.98 Å². The number of nitrogens with two attached hydrogens (primary N) is 3. The lowest BCUT2D eigenvalue weighted by molar-refractivity contribution is 0.415. The van der Waals surface area contributed by atoms with E-state index in [1.807, 2.05) is 67.6 Å². The van der Waals surface area contributed by atoms with E-state index in [9.17, 15) is 0 Å². The summed E-state index contributed by atoms with van der Waals surface area (Å²) in [5, 5.41) is 2.22. The van der Waals surface area contributed by atoms with E-state index in [0.29, 0.717) is 17.1 Å². The molecule has 1 aromatic heterocycles. The van der Waals surface area contributed by atoms with Crippen LogP contribution in [0.15, 0.2) is 72.9 Å². The quantitative estimate of drug-likeness (QED) is 0.445. The topological polar surface area (TPSA) is 100 Å². The summed E-state index contributed by atoms with van der Waals surface area (Å²) in [5.74, 6) is 0.842. The Labute approximate surface area is 164 Å². The average molecular weight is 372 g/mol. The smallest absolute Gasteiger partial charge is 0.118 e. The van der Waals surface area contributed by atoms with Crippen molar-refractivity contribution in [3.63, 3.8) is 0 Å². The number of pyridine rings is 1. The van der Waals surface area contributed by atoms with E-state index in [1.54, 1.807) is 13.3 Å². The fourth-order valence-electron chi connectivity index (χ4n) is 2.94. The van der Waals surface area contributed by atoms with Gasteiger partial charge in [-0.2, -0.15) is 0 Å². The van der Waals surface area contributed by atoms with E-state index in [-0.39, 0.29) is 0 Å². The summed E-state index contributed by atoms with van der Waals surface area (Å²) in [6.07, 6.45) is 1.65. The Balaban J connectivity index is 0.000000162. The highest BCUT2D eigenvalue weighted by Gasteiger charge is 2.03. The molecular formula is C23H24N4O. The number of nitrogens with zero attached hydrogens (tertiary/aromatic N) is 1. The summed E-state index contributed by atoms with van der Waals surface area (Å²) < 4.78 is 5.08. The van der Waals surface area contributed by atoms with Crippen molar-refractivity contribution in [2.24, 2.45) is 0 Å². The molecule has 0 radical (unpaired) electrons. The number of benzene rings is 3. The van der Waals surface area contributed by atoms with Crippen LogP contribution < -0.4 is 21.9 Å². The molecule has 28 heavy (non-hydrogen) atoms. The van der Waals surface area contributed by atoms with Gasteiger partial charge in [0.15, 0.2) is 0 Å². The first kappa shape index (κ1) is 19.0. The number of aromatic nitrogens is 1. The number of rotatable bonds is 2. The molecule has 5 heteroatoms. The minimum atomic E-state index is 0.663. The van der Waals surface area contributed by atoms with Crippen molar-refractivity contribution in [3.05, 3.63) is 78.5 Å². The van der Waals surface area contributed by atoms with Gasteiger partial charge in [-0.05, 0) is 60.3 Å². The minimum absolute atomic E-state index is 0.663. The van der Waals surface area contributed by atoms with E-state index < -0.39 is 0 Å². The SMILES string of the molecule is COc1ccc(-c2ccc(N)cn2)cc1.Cc1cc(N)c(N)c2ccccc12. The molecule has 6 N–H and O–H groups in total. The molecule has 142 valence electrons. The van der Waals surface area contributed by atoms with Gasteiger partial charge < -0.3 is 21.9 Å². The van der Waals surface area contributed by atoms with Crippen LogP contribution in [0.3, 0.4) is 0 Å². The lowest BCUT2D eigenvalue weighted by atomic mass is 10.0. The largest absolute Gasteiger partial charge is 0.497 e. The van der Waals surface area contributed by atoms with Crippen molar-refractivity contribution in [2.45, 2.75) is 6.92 Å². The summed E-state index contributed by atoms with van der Waals surface area (Å²) >= 11 is 0. The number of anilines is 3. The highest BCUT2D eigenvalue weighted by atomic mass is 16.5. The van der Waals surface area contributed by atoms with Crippen LogP contribution >= 0.6 is 0 Å². The second-order valence-electron chi connectivity index (χ2n) is 6.45. The van der Waals surface area contributed by atoms with Crippen molar-refractivity contribution >= 4 is 27.8 Å². The molecule has 0 atom stereocenters. The molecule has 0 aliphatic heterocycles. The molecule has 0 amide bonds. The molecule has 0 saturated heterocycles. The maximum absolute atomic E-state index is 5.86. The van der Waals surface area contributed by atoms with Crippen LogP contribution in [0.1, 0.15) is 5.56 Å². The third-order valence-electron chi connectivity index (χ3n) is 4.50. The zero-order chi connectivity index (χ0) is 20.1. The van der Waals surface area contributed by atoms with Gasteiger partial charge in [0.25, 0.3) is 0 Å². The lowest BCUT2D eigenvalue weighted by Crippen LogP contribution is -1.96. The molecule has 0 spiro atoms. The Morgan fingerprint density at radius 3 is 2.11 bits per heavy atom. The van der Waals surface area contributed by atoms with Crippen molar-refractivity contribution in [3.8, 4) is 17.0 Å². The predicted molar refractivity (Wildman–Crippen MR) is 118 cm³/mol. The molecular weight excluding hydrogens is 348 g/mol. The Morgan fingerprint density at radius 1 is 0.821 bits per heavy atom. The number of nitrogen functional groups attached to an aromatic ring is 3. The first-order chi connectivity index (χ1) is 13.5. The highest BCUT2D eigenvalue weighted by molar-refractivity contribution is 6.00. The van der Waals surface area contributed by atoms with Crippen LogP contribution in [0.25, 0.3) is 22.0 Å². The van der Waals surface area contributed by atoms with Crippen LogP contribution in [0, 0.1) is 6.92 Å². The van der Waals surface area contributed by atoms with Crippen LogP contribution in [0.2, 0.25) is 0 Å². The average Bonchev–Trinajstić information content (AvgIpc) is 2.73. The van der Waals surface area contributed by atoms with E-state index in [2.05, 4.69) is 11.1 Å². The fourth-order valence-corrected chi connectivity index (χ4v) is 2.94. The van der Waals surface area contributed by atoms with Crippen LogP contribution in [0.5, 0.6) is 5.75 Å². The van der Waals surface area contributed by atoms with Gasteiger partial charge in [-0.15, -0.1) is 0 Å². The van der Waals surface area contributed by atoms with Gasteiger partial charge in [-0.25, -0.2) is 0 Å². The van der Waals surface area contributed by atoms with Gasteiger partial charge in [0.1, 0.15) is 5.75 Å². The van der Waals surface area contributed by atoms with Gasteiger partial charge >= 0.3 is 0 Å². The first-order valence-corrected chi connectivity index (χ1v) is 8.89. The normalized spacial score (nSPS) is 10.2. The van der Waals surface area contributed by atoms with Gasteiger partial charge in [0, 0.05) is 10.9 Å². The van der Waals surface area contributed by atoms with E-state index in [4.69, 9.17) is 21.9 Å². The van der Waals surface area contributed by atoms with Crippen LogP contribution in [-0.2, 0) is 0 Å². The maximum atomic E-state index is 5.86. The van der Waals surface area contributed by atoms with Crippen molar-refractivity contribution in [1.29, 1.82) is 0 Å². The van der Waals surface area contributed by atoms with Crippen LogP contribution in [0.4, 0.5) is 17.1 Å². The predicted octanol–water partition coefficient (Wildman–Crippen LogP) is 4.65.